The first-order valence-electron chi connectivity index (χ1n) is 8.29. The fourth-order valence-corrected chi connectivity index (χ4v) is 4.13. The van der Waals surface area contributed by atoms with E-state index in [2.05, 4.69) is 36.5 Å². The van der Waals surface area contributed by atoms with Gasteiger partial charge in [-0.25, -0.2) is 0 Å². The van der Waals surface area contributed by atoms with E-state index in [0.717, 1.165) is 39.3 Å². The summed E-state index contributed by atoms with van der Waals surface area (Å²) in [4.78, 5) is 25.9. The monoisotopic (exact) mass is 364 g/mol. The van der Waals surface area contributed by atoms with E-state index in [4.69, 9.17) is 6.42 Å². The Morgan fingerprint density at radius 3 is 2.42 bits per heavy atom. The van der Waals surface area contributed by atoms with Crippen LogP contribution in [0.1, 0.15) is 28.1 Å². The molecule has 0 N–H and O–H groups in total. The maximum absolute atomic E-state index is 12.4. The number of carbonyl (C=O) groups excluding carboxylic acids is 2. The number of para-hydroxylation sites is 1. The molecule has 1 aromatic carbocycles. The molecule has 132 valence electrons. The highest BCUT2D eigenvalue weighted by molar-refractivity contribution is 8.18. The Labute approximate surface area is 157 Å². The molecule has 1 aliphatic rings. The Hall–Kier alpha value is -2.71. The van der Waals surface area contributed by atoms with Crippen molar-refractivity contribution in [3.05, 3.63) is 57.2 Å². The minimum Gasteiger partial charge on any atom is -0.317 e. The molecule has 0 spiro atoms. The number of thioether (sulfide) groups is 1. The molecule has 0 aliphatic carbocycles. The fraction of sp³-hybridized carbons (Fsp3) is 0.238. The van der Waals surface area contributed by atoms with E-state index in [-0.39, 0.29) is 17.7 Å². The van der Waals surface area contributed by atoms with Crippen LogP contribution in [0.4, 0.5) is 4.79 Å². The van der Waals surface area contributed by atoms with E-state index >= 15 is 0 Å². The average Bonchev–Trinajstić information content (AvgIpc) is 3.00. The Bertz CT molecular complexity index is 972. The predicted octanol–water partition coefficient (Wildman–Crippen LogP) is 4.38. The van der Waals surface area contributed by atoms with Gasteiger partial charge in [-0.1, -0.05) is 24.1 Å². The SMILES string of the molecule is C#CCN1C(=O)S/C(=C/c2cc(C)n(-c3c(C)cccc3C)c2C)C1=O. The predicted molar refractivity (Wildman–Crippen MR) is 106 cm³/mol. The molecule has 0 atom stereocenters. The highest BCUT2D eigenvalue weighted by Crippen LogP contribution is 2.34. The van der Waals surface area contributed by atoms with E-state index in [1.54, 1.807) is 6.08 Å². The average molecular weight is 364 g/mol. The second-order valence-electron chi connectivity index (χ2n) is 6.37. The molecule has 1 aromatic heterocycles. The number of rotatable bonds is 3. The van der Waals surface area contributed by atoms with Crippen molar-refractivity contribution in [2.75, 3.05) is 6.54 Å². The van der Waals surface area contributed by atoms with Crippen LogP contribution in [-0.2, 0) is 4.79 Å². The van der Waals surface area contributed by atoms with E-state index in [0.29, 0.717) is 4.91 Å². The number of imide groups is 1. The van der Waals surface area contributed by atoms with Crippen molar-refractivity contribution in [3.63, 3.8) is 0 Å². The summed E-state index contributed by atoms with van der Waals surface area (Å²) in [5.74, 6) is 2.03. The third kappa shape index (κ3) is 2.97. The van der Waals surface area contributed by atoms with Crippen molar-refractivity contribution in [1.82, 2.24) is 9.47 Å². The highest BCUT2D eigenvalue weighted by atomic mass is 32.2. The molecule has 2 aromatic rings. The molecular weight excluding hydrogens is 344 g/mol. The molecule has 1 fully saturated rings. The second-order valence-corrected chi connectivity index (χ2v) is 7.37. The molecule has 5 heteroatoms. The van der Waals surface area contributed by atoms with E-state index in [9.17, 15) is 9.59 Å². The number of carbonyl (C=O) groups is 2. The molecule has 2 heterocycles. The Kier molecular flexibility index (Phi) is 4.80. The Balaban J connectivity index is 2.06. The highest BCUT2D eigenvalue weighted by Gasteiger charge is 2.34. The van der Waals surface area contributed by atoms with E-state index < -0.39 is 0 Å². The maximum Gasteiger partial charge on any atom is 0.294 e. The van der Waals surface area contributed by atoms with Crippen LogP contribution in [0.25, 0.3) is 11.8 Å². The van der Waals surface area contributed by atoms with Crippen LogP contribution in [-0.4, -0.2) is 27.2 Å². The van der Waals surface area contributed by atoms with Crippen LogP contribution in [0, 0.1) is 40.0 Å². The van der Waals surface area contributed by atoms with Gasteiger partial charge in [0.1, 0.15) is 0 Å². The summed E-state index contributed by atoms with van der Waals surface area (Å²) in [5.41, 5.74) is 6.57. The number of amides is 2. The Morgan fingerprint density at radius 2 is 1.81 bits per heavy atom. The lowest BCUT2D eigenvalue weighted by molar-refractivity contribution is -0.122. The lowest BCUT2D eigenvalue weighted by Gasteiger charge is -2.15. The van der Waals surface area contributed by atoms with Crippen LogP contribution in [0.15, 0.2) is 29.2 Å². The molecule has 0 unspecified atom stereocenters. The minimum atomic E-state index is -0.324. The van der Waals surface area contributed by atoms with Gasteiger partial charge in [-0.3, -0.25) is 14.5 Å². The first kappa shape index (κ1) is 18.1. The summed E-state index contributed by atoms with van der Waals surface area (Å²) in [5, 5.41) is -0.317. The van der Waals surface area contributed by atoms with Crippen LogP contribution in [0.3, 0.4) is 0 Å². The van der Waals surface area contributed by atoms with Crippen molar-refractivity contribution < 1.29 is 9.59 Å². The molecule has 3 rings (SSSR count). The van der Waals surface area contributed by atoms with E-state index in [1.807, 2.05) is 26.0 Å². The normalized spacial score (nSPS) is 15.8. The van der Waals surface area contributed by atoms with Gasteiger partial charge in [0.05, 0.1) is 17.1 Å². The zero-order chi connectivity index (χ0) is 19.0. The van der Waals surface area contributed by atoms with Crippen LogP contribution < -0.4 is 0 Å². The number of hydrogen-bond donors (Lipinski definition) is 0. The van der Waals surface area contributed by atoms with Gasteiger partial charge in [0.25, 0.3) is 11.1 Å². The molecular formula is C21H20N2O2S. The van der Waals surface area contributed by atoms with Crippen molar-refractivity contribution in [1.29, 1.82) is 0 Å². The van der Waals surface area contributed by atoms with Gasteiger partial charge in [-0.05, 0) is 68.3 Å². The van der Waals surface area contributed by atoms with Crippen molar-refractivity contribution >= 4 is 29.0 Å². The molecule has 4 nitrogen and oxygen atoms in total. The van der Waals surface area contributed by atoms with Gasteiger partial charge in [-0.2, -0.15) is 0 Å². The summed E-state index contributed by atoms with van der Waals surface area (Å²) < 4.78 is 2.20. The lowest BCUT2D eigenvalue weighted by atomic mass is 10.1. The molecule has 0 saturated carbocycles. The number of terminal acetylenes is 1. The standard InChI is InChI=1S/C21H20N2O2S/c1-6-10-22-20(24)18(26-21(22)25)12-17-11-15(4)23(16(17)5)19-13(2)8-7-9-14(19)3/h1,7-9,11-12H,10H2,2-5H3/b18-12+. The summed E-state index contributed by atoms with van der Waals surface area (Å²) >= 11 is 0.936. The first-order valence-corrected chi connectivity index (χ1v) is 9.11. The van der Waals surface area contributed by atoms with Crippen LogP contribution in [0.2, 0.25) is 0 Å². The summed E-state index contributed by atoms with van der Waals surface area (Å²) in [6.45, 7) is 8.25. The smallest absolute Gasteiger partial charge is 0.294 e. The zero-order valence-corrected chi connectivity index (χ0v) is 16.1. The number of aromatic nitrogens is 1. The number of nitrogens with zero attached hydrogens (tertiary/aromatic N) is 2. The van der Waals surface area contributed by atoms with E-state index in [1.165, 1.54) is 11.1 Å². The molecule has 2 amide bonds. The van der Waals surface area contributed by atoms with Crippen molar-refractivity contribution in [2.24, 2.45) is 0 Å². The molecule has 0 bridgehead atoms. The Morgan fingerprint density at radius 1 is 1.15 bits per heavy atom. The lowest BCUT2D eigenvalue weighted by Crippen LogP contribution is -2.28. The second kappa shape index (κ2) is 6.89. The first-order chi connectivity index (χ1) is 12.3. The minimum absolute atomic E-state index is 0.00341. The largest absolute Gasteiger partial charge is 0.317 e. The third-order valence-corrected chi connectivity index (χ3v) is 5.45. The quantitative estimate of drug-likeness (QED) is 0.599. The van der Waals surface area contributed by atoms with Gasteiger partial charge < -0.3 is 4.57 Å². The molecule has 26 heavy (non-hydrogen) atoms. The molecule has 1 aliphatic heterocycles. The van der Waals surface area contributed by atoms with Gasteiger partial charge in [0.15, 0.2) is 0 Å². The van der Waals surface area contributed by atoms with Gasteiger partial charge >= 0.3 is 0 Å². The van der Waals surface area contributed by atoms with Gasteiger partial charge in [0, 0.05) is 11.4 Å². The van der Waals surface area contributed by atoms with Crippen LogP contribution >= 0.6 is 11.8 Å². The maximum atomic E-state index is 12.4. The zero-order valence-electron chi connectivity index (χ0n) is 15.3. The fourth-order valence-electron chi connectivity index (χ4n) is 3.31. The van der Waals surface area contributed by atoms with Gasteiger partial charge in [0.2, 0.25) is 0 Å². The number of benzene rings is 1. The summed E-state index contributed by atoms with van der Waals surface area (Å²) in [6.07, 6.45) is 7.03. The summed E-state index contributed by atoms with van der Waals surface area (Å²) in [7, 11) is 0. The van der Waals surface area contributed by atoms with Crippen molar-refractivity contribution in [3.8, 4) is 18.0 Å². The summed E-state index contributed by atoms with van der Waals surface area (Å²) in [6, 6.07) is 8.26. The van der Waals surface area contributed by atoms with Crippen molar-refractivity contribution in [2.45, 2.75) is 27.7 Å². The third-order valence-electron chi connectivity index (χ3n) is 4.54. The molecule has 0 radical (unpaired) electrons. The van der Waals surface area contributed by atoms with Gasteiger partial charge in [-0.15, -0.1) is 6.42 Å². The van der Waals surface area contributed by atoms with Crippen LogP contribution in [0.5, 0.6) is 0 Å². The topological polar surface area (TPSA) is 42.3 Å². The molecule has 1 saturated heterocycles. The number of aryl methyl sites for hydroxylation is 3. The number of hydrogen-bond acceptors (Lipinski definition) is 3.